The molecule has 1 fully saturated rings. The number of benzene rings is 1. The van der Waals surface area contributed by atoms with Gasteiger partial charge in [-0.25, -0.2) is 4.79 Å². The third-order valence-corrected chi connectivity index (χ3v) is 18.5. The fraction of sp³-hybridized carbons (Fsp3) is 0.691. The lowest BCUT2D eigenvalue weighted by molar-refractivity contribution is -0.162. The summed E-state index contributed by atoms with van der Waals surface area (Å²) in [5.74, 6) is -19.8. The number of aliphatic hydroxyl groups is 4. The van der Waals surface area contributed by atoms with E-state index in [4.69, 9.17) is 43.9 Å². The van der Waals surface area contributed by atoms with Crippen LogP contribution in [0.5, 0.6) is 5.75 Å². The Labute approximate surface area is 617 Å². The normalized spacial score (nSPS) is 23.2. The summed E-state index contributed by atoms with van der Waals surface area (Å²) >= 11 is 0. The van der Waals surface area contributed by atoms with E-state index >= 15 is 14.4 Å². The predicted octanol–water partition coefficient (Wildman–Crippen LogP) is -5.44. The van der Waals surface area contributed by atoms with E-state index in [0.717, 1.165) is 37.6 Å². The first kappa shape index (κ1) is 92.6. The van der Waals surface area contributed by atoms with Gasteiger partial charge in [0.25, 0.3) is 5.91 Å². The molecular weight excluding hydrogens is 1390 g/mol. The first-order valence-electron chi connectivity index (χ1n) is 35.2. The molecule has 0 bridgehead atoms. The Bertz CT molecular complexity index is 3230. The van der Waals surface area contributed by atoms with Crippen LogP contribution in [0.4, 0.5) is 0 Å². The molecule has 25 N–H and O–H groups in total. The topological polar surface area (TPSA) is 625 Å². The highest BCUT2D eigenvalue weighted by atomic mass is 16.5. The minimum Gasteiger partial charge on any atom is -0.508 e. The van der Waals surface area contributed by atoms with Crippen molar-refractivity contribution in [2.75, 3.05) is 34.3 Å². The molecule has 0 spiro atoms. The van der Waals surface area contributed by atoms with Crippen molar-refractivity contribution >= 4 is 88.8 Å². The number of cyclic esters (lactones) is 1. The Kier molecular flexibility index (Phi) is 38.2. The molecule has 38 heteroatoms. The number of ether oxygens (including phenoxy) is 2. The molecular formula is C68H116N18O20. The lowest BCUT2D eigenvalue weighted by atomic mass is 9.87. The molecule has 2 rings (SSSR count). The molecule has 1 saturated heterocycles. The molecule has 598 valence electrons. The van der Waals surface area contributed by atoms with Crippen molar-refractivity contribution in [3.8, 4) is 5.75 Å². The van der Waals surface area contributed by atoms with Gasteiger partial charge in [-0.1, -0.05) is 67.5 Å². The summed E-state index contributed by atoms with van der Waals surface area (Å²) in [5.41, 5.74) is 33.6. The highest BCUT2D eigenvalue weighted by Gasteiger charge is 2.45. The number of aliphatic hydroxyl groups excluding tert-OH is 4. The number of hydrogen-bond donors (Lipinski definition) is 19. The third kappa shape index (κ3) is 28.7. The molecule has 0 radical (unpaired) electrons. The molecule has 1 aromatic rings. The Morgan fingerprint density at radius 3 is 1.72 bits per heavy atom. The zero-order chi connectivity index (χ0) is 81.1. The van der Waals surface area contributed by atoms with Crippen molar-refractivity contribution in [3.05, 3.63) is 29.8 Å². The average molecular weight is 1510 g/mol. The van der Waals surface area contributed by atoms with Gasteiger partial charge in [0.15, 0.2) is 18.0 Å². The monoisotopic (exact) mass is 1500 g/mol. The summed E-state index contributed by atoms with van der Waals surface area (Å²) in [6.07, 6.45) is -12.4. The molecule has 1 aromatic carbocycles. The number of amides is 12. The molecule has 12 amide bonds. The number of aromatic hydroxyl groups is 1. The number of nitrogens with zero attached hydrogens (tertiary/aromatic N) is 4. The largest absolute Gasteiger partial charge is 0.508 e. The maximum atomic E-state index is 15.1. The van der Waals surface area contributed by atoms with Crippen LogP contribution in [0.25, 0.3) is 0 Å². The number of hydrogen-bond acceptors (Lipinski definition) is 22. The first-order valence-corrected chi connectivity index (χ1v) is 35.2. The molecule has 0 aliphatic carbocycles. The van der Waals surface area contributed by atoms with Crippen LogP contribution in [0, 0.1) is 35.5 Å². The number of rotatable bonds is 34. The van der Waals surface area contributed by atoms with Crippen molar-refractivity contribution in [2.24, 2.45) is 79.9 Å². The fourth-order valence-electron chi connectivity index (χ4n) is 11.7. The lowest BCUT2D eigenvalue weighted by Gasteiger charge is -2.36. The van der Waals surface area contributed by atoms with Gasteiger partial charge in [-0.05, 0) is 114 Å². The lowest BCUT2D eigenvalue weighted by Crippen LogP contribution is -2.65. The SMILES string of the molecule is COC(c1ccc(O)cc1)C1NC(=O)[C@H](CCC(N)=O)N(C)C(=O)[C@H](CC(C)C)NC(=O)[C@@H](CCCN=C(N)N)NC(=O)[C@H](C(C)O)NC(=O)C(NC(=O)[C@@H](NC(=O)[C@H](O)[C@H](O)[C@H](CCCN=C(N)N)NC(=O)[C@H](C)NC(=O)[C@H](C)[C@H](O)[C@@H](C)CC(C)C)[C@@H](C)[C@@H](C)C(N)=O)[C@@H](C)OC(=O)[C@H](C)N(C)C1=O. The third-order valence-electron chi connectivity index (χ3n) is 18.5. The highest BCUT2D eigenvalue weighted by Crippen LogP contribution is 2.27. The van der Waals surface area contributed by atoms with Gasteiger partial charge in [0.05, 0.1) is 24.2 Å². The van der Waals surface area contributed by atoms with Gasteiger partial charge in [-0.2, -0.15) is 0 Å². The molecule has 4 unspecified atom stereocenters. The highest BCUT2D eigenvalue weighted by molar-refractivity contribution is 5.99. The van der Waals surface area contributed by atoms with Crippen molar-refractivity contribution in [1.29, 1.82) is 0 Å². The maximum absolute atomic E-state index is 15.1. The van der Waals surface area contributed by atoms with Crippen molar-refractivity contribution in [1.82, 2.24) is 52.3 Å². The van der Waals surface area contributed by atoms with Gasteiger partial charge in [0.1, 0.15) is 78.4 Å². The first-order chi connectivity index (χ1) is 49.3. The molecule has 20 atom stereocenters. The number of carbonyl (C=O) groups is 13. The van der Waals surface area contributed by atoms with Gasteiger partial charge in [-0.15, -0.1) is 0 Å². The number of likely N-dealkylation sites (N-methyl/N-ethyl adjacent to an activating group) is 2. The number of phenolic OH excluding ortho intramolecular Hbond substituents is 1. The van der Waals surface area contributed by atoms with Gasteiger partial charge >= 0.3 is 5.97 Å². The van der Waals surface area contributed by atoms with Crippen LogP contribution < -0.4 is 76.9 Å². The fourth-order valence-corrected chi connectivity index (χ4v) is 11.7. The quantitative estimate of drug-likeness (QED) is 0.0132. The van der Waals surface area contributed by atoms with Crippen LogP contribution in [-0.2, 0) is 71.8 Å². The van der Waals surface area contributed by atoms with E-state index < -0.39 is 204 Å². The van der Waals surface area contributed by atoms with Crippen LogP contribution in [0.1, 0.15) is 146 Å². The molecule has 106 heavy (non-hydrogen) atoms. The molecule has 0 aromatic heterocycles. The Morgan fingerprint density at radius 1 is 0.623 bits per heavy atom. The van der Waals surface area contributed by atoms with E-state index in [1.54, 1.807) is 20.8 Å². The van der Waals surface area contributed by atoms with Crippen molar-refractivity contribution < 1.29 is 97.3 Å². The van der Waals surface area contributed by atoms with E-state index in [-0.39, 0.29) is 86.2 Å². The number of nitrogens with one attached hydrogen (secondary N) is 8. The molecule has 38 nitrogen and oxygen atoms in total. The van der Waals surface area contributed by atoms with Crippen LogP contribution in [-0.4, -0.2) is 249 Å². The van der Waals surface area contributed by atoms with Gasteiger partial charge in [0.2, 0.25) is 65.0 Å². The van der Waals surface area contributed by atoms with E-state index in [1.165, 1.54) is 66.1 Å². The number of primary amides is 2. The zero-order valence-electron chi connectivity index (χ0n) is 63.2. The average Bonchev–Trinajstić information content (AvgIpc) is 0.811. The second-order valence-corrected chi connectivity index (χ2v) is 28.0. The Balaban J connectivity index is 3.02. The summed E-state index contributed by atoms with van der Waals surface area (Å²) < 4.78 is 11.7. The second-order valence-electron chi connectivity index (χ2n) is 28.0. The number of esters is 1. The number of guanidine groups is 2. The van der Waals surface area contributed by atoms with E-state index in [1.807, 2.05) is 13.8 Å². The van der Waals surface area contributed by atoms with Crippen LogP contribution in [0.3, 0.4) is 0 Å². The van der Waals surface area contributed by atoms with Crippen LogP contribution >= 0.6 is 0 Å². The summed E-state index contributed by atoms with van der Waals surface area (Å²) in [5, 5.41) is 75.7. The van der Waals surface area contributed by atoms with Crippen molar-refractivity contribution in [3.63, 3.8) is 0 Å². The summed E-state index contributed by atoms with van der Waals surface area (Å²) in [6.45, 7) is 17.4. The van der Waals surface area contributed by atoms with E-state index in [0.29, 0.717) is 6.42 Å². The standard InChI is InChI=1S/C68H116N18O20/c1-30(2)28-32(5)51(90)35(8)56(94)77-36(9)57(95)78-42(18-16-26-75-67(71)72)52(91)53(92)63(101)81-47(33(6)34(7)55(70)93)60(98)83-49-39(12)106-66(104)37(10)85(13)65(103)50(54(105-15)40-20-22-41(88)23-21-40)84-59(97)45(24-25-46(69)89)86(14)64(102)44(29-31(3)4)80-58(96)43(19-17-27-76-68(73)74)79-61(99)48(38(11)87)82-62(49)100/h20-23,30-39,42-45,47-54,87-88,90-92H,16-19,24-29H2,1-15H3,(H2,69,89)(H2,70,93)(H,77,94)(H,78,95)(H,79,99)(H,80,96)(H,81,101)(H,82,100)(H,83,98)(H,84,97)(H4,71,72,75)(H4,73,74,76)/t32-,33-,34+,35+,36-,37-,38?,39+,42-,43+,44-,45-,47-,48-,49?,50?,51+,52+,53+,54?/m0/s1. The predicted molar refractivity (Wildman–Crippen MR) is 386 cm³/mol. The van der Waals surface area contributed by atoms with E-state index in [2.05, 4.69) is 52.5 Å². The Morgan fingerprint density at radius 2 is 1.19 bits per heavy atom. The second kappa shape index (κ2) is 43.8. The summed E-state index contributed by atoms with van der Waals surface area (Å²) in [6, 6.07) is -12.6. The van der Waals surface area contributed by atoms with Crippen LogP contribution in [0.15, 0.2) is 34.3 Å². The van der Waals surface area contributed by atoms with Crippen LogP contribution in [0.2, 0.25) is 0 Å². The van der Waals surface area contributed by atoms with Crippen molar-refractivity contribution in [2.45, 2.75) is 231 Å². The minimum absolute atomic E-state index is 0.00975. The number of phenols is 1. The number of methoxy groups -OCH3 is 1. The summed E-state index contributed by atoms with van der Waals surface area (Å²) in [7, 11) is 3.47. The maximum Gasteiger partial charge on any atom is 0.328 e. The number of aliphatic imine (C=N–C) groups is 2. The number of carbonyl (C=O) groups excluding carboxylic acids is 13. The molecule has 1 heterocycles. The Hall–Kier alpha value is -9.53. The number of nitrogens with two attached hydrogens (primary N) is 6. The van der Waals surface area contributed by atoms with Gasteiger partial charge < -0.3 is 122 Å². The minimum atomic E-state index is -2.58. The van der Waals surface area contributed by atoms with E-state index in [9.17, 15) is 73.5 Å². The van der Waals surface area contributed by atoms with Gasteiger partial charge in [0, 0.05) is 46.6 Å². The zero-order valence-corrected chi connectivity index (χ0v) is 63.2. The summed E-state index contributed by atoms with van der Waals surface area (Å²) in [4.78, 5) is 196. The molecule has 1 aliphatic heterocycles. The smallest absolute Gasteiger partial charge is 0.328 e. The molecule has 1 aliphatic rings. The molecule has 0 saturated carbocycles. The van der Waals surface area contributed by atoms with Gasteiger partial charge in [-0.3, -0.25) is 67.5 Å².